The fourth-order valence-electron chi connectivity index (χ4n) is 2.43. The highest BCUT2D eigenvalue weighted by Gasteiger charge is 2.35. The van der Waals surface area contributed by atoms with E-state index in [9.17, 15) is 5.11 Å². The van der Waals surface area contributed by atoms with Gasteiger partial charge in [0.2, 0.25) is 0 Å². The lowest BCUT2D eigenvalue weighted by atomic mass is 9.68. The normalized spacial score (nSPS) is 29.5. The van der Waals surface area contributed by atoms with Crippen LogP contribution in [0.3, 0.4) is 0 Å². The van der Waals surface area contributed by atoms with Gasteiger partial charge in [0.25, 0.3) is 0 Å². The summed E-state index contributed by atoms with van der Waals surface area (Å²) in [5.41, 5.74) is 1.46. The molecule has 16 heavy (non-hydrogen) atoms. The van der Waals surface area contributed by atoms with Crippen LogP contribution >= 0.6 is 24.0 Å². The lowest BCUT2D eigenvalue weighted by Crippen LogP contribution is -2.44. The highest BCUT2D eigenvalue weighted by molar-refractivity contribution is 14.0. The lowest BCUT2D eigenvalue weighted by Gasteiger charge is -2.40. The Hall–Kier alpha value is -0.290. The van der Waals surface area contributed by atoms with Crippen molar-refractivity contribution in [2.45, 2.75) is 25.7 Å². The van der Waals surface area contributed by atoms with Crippen LogP contribution in [0.4, 0.5) is 0 Å². The molecule has 2 atom stereocenters. The molecule has 2 rings (SSSR count). The first-order chi connectivity index (χ1) is 7.13. The summed E-state index contributed by atoms with van der Waals surface area (Å²) in [6.45, 7) is 6.70. The first-order valence-corrected chi connectivity index (χ1v) is 5.63. The molecule has 1 saturated heterocycles. The molecule has 0 bridgehead atoms. The maximum atomic E-state index is 9.53. The summed E-state index contributed by atoms with van der Waals surface area (Å²) in [4.78, 5) is 0. The van der Waals surface area contributed by atoms with Crippen LogP contribution in [0.2, 0.25) is 0 Å². The summed E-state index contributed by atoms with van der Waals surface area (Å²) < 4.78 is 0. The minimum atomic E-state index is 0. The number of phenols is 1. The third kappa shape index (κ3) is 2.51. The maximum Gasteiger partial charge on any atom is 0.115 e. The summed E-state index contributed by atoms with van der Waals surface area (Å²) >= 11 is 0. The lowest BCUT2D eigenvalue weighted by molar-refractivity contribution is 0.237. The van der Waals surface area contributed by atoms with Crippen molar-refractivity contribution in [3.63, 3.8) is 0 Å². The van der Waals surface area contributed by atoms with Gasteiger partial charge in [0, 0.05) is 0 Å². The summed E-state index contributed by atoms with van der Waals surface area (Å²) in [7, 11) is 0. The molecule has 2 N–H and O–H groups in total. The van der Waals surface area contributed by atoms with Crippen LogP contribution in [-0.4, -0.2) is 18.2 Å². The number of benzene rings is 1. The molecule has 0 aromatic heterocycles. The highest BCUT2D eigenvalue weighted by atomic mass is 127. The van der Waals surface area contributed by atoms with Crippen molar-refractivity contribution >= 4 is 24.0 Å². The van der Waals surface area contributed by atoms with Crippen molar-refractivity contribution in [3.8, 4) is 5.75 Å². The fourth-order valence-corrected chi connectivity index (χ4v) is 2.43. The first kappa shape index (κ1) is 13.8. The van der Waals surface area contributed by atoms with Crippen LogP contribution < -0.4 is 5.32 Å². The van der Waals surface area contributed by atoms with Gasteiger partial charge in [-0.15, -0.1) is 24.0 Å². The van der Waals surface area contributed by atoms with Crippen molar-refractivity contribution in [1.29, 1.82) is 0 Å². The number of aromatic hydroxyl groups is 1. The Morgan fingerprint density at radius 2 is 2.19 bits per heavy atom. The van der Waals surface area contributed by atoms with Crippen LogP contribution in [0.5, 0.6) is 5.75 Å². The summed E-state index contributed by atoms with van der Waals surface area (Å²) in [6, 6.07) is 7.70. The van der Waals surface area contributed by atoms with Gasteiger partial charge in [0.1, 0.15) is 5.75 Å². The van der Waals surface area contributed by atoms with Gasteiger partial charge in [-0.25, -0.2) is 0 Å². The Bertz CT molecular complexity index is 356. The number of rotatable bonds is 1. The van der Waals surface area contributed by atoms with E-state index in [1.807, 2.05) is 12.1 Å². The van der Waals surface area contributed by atoms with Gasteiger partial charge in [0.15, 0.2) is 0 Å². The fraction of sp³-hybridized carbons (Fsp3) is 0.538. The van der Waals surface area contributed by atoms with E-state index in [-0.39, 0.29) is 29.4 Å². The Labute approximate surface area is 114 Å². The number of hydrogen-bond acceptors (Lipinski definition) is 2. The third-order valence-corrected chi connectivity index (χ3v) is 3.86. The van der Waals surface area contributed by atoms with Crippen LogP contribution in [-0.2, 0) is 5.41 Å². The molecule has 0 amide bonds. The molecule has 2 unspecified atom stereocenters. The molecule has 1 fully saturated rings. The zero-order valence-electron chi connectivity index (χ0n) is 9.86. The largest absolute Gasteiger partial charge is 0.508 e. The van der Waals surface area contributed by atoms with E-state index in [0.717, 1.165) is 19.5 Å². The van der Waals surface area contributed by atoms with E-state index in [2.05, 4.69) is 25.2 Å². The van der Waals surface area contributed by atoms with Gasteiger partial charge in [-0.3, -0.25) is 0 Å². The van der Waals surface area contributed by atoms with Crippen LogP contribution in [0.15, 0.2) is 24.3 Å². The standard InChI is InChI=1S/C13H19NO.HI/c1-10-9-14-7-6-13(10,2)11-4-3-5-12(15)8-11;/h3-5,8,10,14-15H,6-7,9H2,1-2H3;1H. The van der Waals surface area contributed by atoms with Crippen LogP contribution in [0.1, 0.15) is 25.8 Å². The molecular weight excluding hydrogens is 313 g/mol. The molecule has 0 saturated carbocycles. The van der Waals surface area contributed by atoms with E-state index in [1.54, 1.807) is 6.07 Å². The molecule has 0 spiro atoms. The Balaban J connectivity index is 0.00000128. The molecule has 1 aromatic rings. The summed E-state index contributed by atoms with van der Waals surface area (Å²) in [5.74, 6) is 0.979. The number of phenolic OH excluding ortho intramolecular Hbond substituents is 1. The summed E-state index contributed by atoms with van der Waals surface area (Å²) in [5, 5.41) is 12.9. The van der Waals surface area contributed by atoms with E-state index < -0.39 is 0 Å². The van der Waals surface area contributed by atoms with E-state index in [4.69, 9.17) is 0 Å². The molecule has 3 heteroatoms. The maximum absolute atomic E-state index is 9.53. The van der Waals surface area contributed by atoms with Crippen molar-refractivity contribution in [3.05, 3.63) is 29.8 Å². The smallest absolute Gasteiger partial charge is 0.115 e. The third-order valence-electron chi connectivity index (χ3n) is 3.86. The summed E-state index contributed by atoms with van der Waals surface area (Å²) in [6.07, 6.45) is 1.14. The zero-order chi connectivity index (χ0) is 10.9. The van der Waals surface area contributed by atoms with Gasteiger partial charge in [-0.1, -0.05) is 26.0 Å². The molecule has 1 heterocycles. The minimum Gasteiger partial charge on any atom is -0.508 e. The minimum absolute atomic E-state index is 0. The quantitative estimate of drug-likeness (QED) is 0.775. The molecular formula is C13H20INO. The molecule has 90 valence electrons. The number of piperidine rings is 1. The average Bonchev–Trinajstić information content (AvgIpc) is 2.23. The van der Waals surface area contributed by atoms with E-state index >= 15 is 0 Å². The topological polar surface area (TPSA) is 32.3 Å². The average molecular weight is 333 g/mol. The number of halogens is 1. The van der Waals surface area contributed by atoms with Gasteiger partial charge < -0.3 is 10.4 Å². The van der Waals surface area contributed by atoms with Crippen molar-refractivity contribution in [2.75, 3.05) is 13.1 Å². The van der Waals surface area contributed by atoms with Crippen molar-refractivity contribution < 1.29 is 5.11 Å². The van der Waals surface area contributed by atoms with Gasteiger partial charge in [0.05, 0.1) is 0 Å². The van der Waals surface area contributed by atoms with E-state index in [0.29, 0.717) is 11.7 Å². The molecule has 2 nitrogen and oxygen atoms in total. The predicted octanol–water partition coefficient (Wildman–Crippen LogP) is 2.90. The molecule has 1 aromatic carbocycles. The Kier molecular flexibility index (Phi) is 4.62. The number of hydrogen-bond donors (Lipinski definition) is 2. The second kappa shape index (κ2) is 5.36. The Morgan fingerprint density at radius 1 is 1.44 bits per heavy atom. The van der Waals surface area contributed by atoms with Crippen molar-refractivity contribution in [2.24, 2.45) is 5.92 Å². The predicted molar refractivity (Wildman–Crippen MR) is 77.5 cm³/mol. The van der Waals surface area contributed by atoms with Crippen molar-refractivity contribution in [1.82, 2.24) is 5.32 Å². The van der Waals surface area contributed by atoms with Gasteiger partial charge in [-0.2, -0.15) is 0 Å². The van der Waals surface area contributed by atoms with Gasteiger partial charge >= 0.3 is 0 Å². The second-order valence-electron chi connectivity index (χ2n) is 4.82. The highest BCUT2D eigenvalue weighted by Crippen LogP contribution is 2.37. The Morgan fingerprint density at radius 3 is 2.81 bits per heavy atom. The molecule has 0 aliphatic carbocycles. The van der Waals surface area contributed by atoms with Gasteiger partial charge in [-0.05, 0) is 48.5 Å². The van der Waals surface area contributed by atoms with E-state index in [1.165, 1.54) is 5.56 Å². The second-order valence-corrected chi connectivity index (χ2v) is 4.82. The first-order valence-electron chi connectivity index (χ1n) is 5.63. The molecule has 1 aliphatic rings. The molecule has 1 aliphatic heterocycles. The molecule has 0 radical (unpaired) electrons. The SMILES string of the molecule is CC1CNCCC1(C)c1cccc(O)c1.I. The van der Waals surface area contributed by atoms with Crippen LogP contribution in [0, 0.1) is 5.92 Å². The number of nitrogens with one attached hydrogen (secondary N) is 1. The van der Waals surface area contributed by atoms with Crippen LogP contribution in [0.25, 0.3) is 0 Å². The monoisotopic (exact) mass is 333 g/mol. The zero-order valence-corrected chi connectivity index (χ0v) is 12.2.